The van der Waals surface area contributed by atoms with Gasteiger partial charge in [0.25, 0.3) is 5.91 Å². The van der Waals surface area contributed by atoms with Gasteiger partial charge in [-0.1, -0.05) is 13.0 Å². The summed E-state index contributed by atoms with van der Waals surface area (Å²) in [6.45, 7) is 3.30. The van der Waals surface area contributed by atoms with Gasteiger partial charge >= 0.3 is 0 Å². The van der Waals surface area contributed by atoms with Crippen LogP contribution < -0.4 is 4.74 Å². The quantitative estimate of drug-likeness (QED) is 0.696. The second kappa shape index (κ2) is 8.56. The molecule has 1 amide bonds. The molecule has 0 aromatic heterocycles. The lowest BCUT2D eigenvalue weighted by Crippen LogP contribution is -2.33. The summed E-state index contributed by atoms with van der Waals surface area (Å²) in [5.74, 6) is -1.68. The van der Waals surface area contributed by atoms with E-state index in [9.17, 15) is 18.4 Å². The van der Waals surface area contributed by atoms with Crippen LogP contribution in [-0.2, 0) is 4.79 Å². The predicted molar refractivity (Wildman–Crippen MR) is 94.1 cm³/mol. The fourth-order valence-electron chi connectivity index (χ4n) is 2.40. The SMILES string of the molecule is CCC(=O)c1ccc(OCC(=O)N(C)C(C)c2ccc(F)c(F)c2)cc1. The Balaban J connectivity index is 1.96. The first-order valence-electron chi connectivity index (χ1n) is 8.30. The Kier molecular flexibility index (Phi) is 6.44. The first kappa shape index (κ1) is 19.6. The molecule has 1 unspecified atom stereocenters. The standard InChI is InChI=1S/C20H21F2NO3/c1-4-19(24)14-5-8-16(9-6-14)26-12-20(25)23(3)13(2)15-7-10-17(21)18(22)11-15/h5-11,13H,4,12H2,1-3H3. The number of benzene rings is 2. The maximum atomic E-state index is 13.4. The fraction of sp³-hybridized carbons (Fsp3) is 0.300. The van der Waals surface area contributed by atoms with E-state index in [0.29, 0.717) is 23.3 Å². The molecule has 0 heterocycles. The summed E-state index contributed by atoms with van der Waals surface area (Å²) >= 11 is 0. The van der Waals surface area contributed by atoms with Crippen LogP contribution in [0.3, 0.4) is 0 Å². The lowest BCUT2D eigenvalue weighted by molar-refractivity contribution is -0.134. The zero-order valence-electron chi connectivity index (χ0n) is 15.0. The smallest absolute Gasteiger partial charge is 0.260 e. The van der Waals surface area contributed by atoms with Crippen LogP contribution in [0.1, 0.15) is 42.2 Å². The van der Waals surface area contributed by atoms with Crippen molar-refractivity contribution in [1.82, 2.24) is 4.90 Å². The van der Waals surface area contributed by atoms with Crippen LogP contribution in [0.5, 0.6) is 5.75 Å². The number of Topliss-reactive ketones (excluding diaryl/α,β-unsaturated/α-hetero) is 1. The van der Waals surface area contributed by atoms with Crippen molar-refractivity contribution in [3.05, 3.63) is 65.2 Å². The number of halogens is 2. The molecule has 0 fully saturated rings. The van der Waals surface area contributed by atoms with E-state index in [4.69, 9.17) is 4.74 Å². The van der Waals surface area contributed by atoms with Gasteiger partial charge in [-0.3, -0.25) is 9.59 Å². The van der Waals surface area contributed by atoms with Gasteiger partial charge in [0.1, 0.15) is 5.75 Å². The molecule has 0 spiro atoms. The normalized spacial score (nSPS) is 11.7. The summed E-state index contributed by atoms with van der Waals surface area (Å²) < 4.78 is 31.8. The van der Waals surface area contributed by atoms with Crippen molar-refractivity contribution in [3.8, 4) is 5.75 Å². The van der Waals surface area contributed by atoms with Crippen LogP contribution in [0.25, 0.3) is 0 Å². The van der Waals surface area contributed by atoms with Gasteiger partial charge in [0, 0.05) is 19.0 Å². The molecule has 0 aliphatic carbocycles. The second-order valence-electron chi connectivity index (χ2n) is 5.94. The van der Waals surface area contributed by atoms with Gasteiger partial charge in [0.2, 0.25) is 0 Å². The highest BCUT2D eigenvalue weighted by atomic mass is 19.2. The maximum absolute atomic E-state index is 13.4. The van der Waals surface area contributed by atoms with Crippen LogP contribution in [0.2, 0.25) is 0 Å². The van der Waals surface area contributed by atoms with Crippen LogP contribution in [0, 0.1) is 11.6 Å². The minimum absolute atomic E-state index is 0.0349. The number of rotatable bonds is 7. The van der Waals surface area contributed by atoms with Crippen LogP contribution >= 0.6 is 0 Å². The number of hydrogen-bond donors (Lipinski definition) is 0. The van der Waals surface area contributed by atoms with E-state index in [0.717, 1.165) is 12.1 Å². The number of carbonyl (C=O) groups is 2. The highest BCUT2D eigenvalue weighted by Crippen LogP contribution is 2.21. The molecule has 0 N–H and O–H groups in total. The van der Waals surface area contributed by atoms with Crippen LogP contribution in [0.15, 0.2) is 42.5 Å². The average molecular weight is 361 g/mol. The van der Waals surface area contributed by atoms with Crippen molar-refractivity contribution >= 4 is 11.7 Å². The first-order valence-corrected chi connectivity index (χ1v) is 8.30. The van der Waals surface area contributed by atoms with E-state index in [-0.39, 0.29) is 18.3 Å². The molecule has 0 bridgehead atoms. The number of ether oxygens (including phenoxy) is 1. The van der Waals surface area contributed by atoms with E-state index in [1.54, 1.807) is 45.2 Å². The molecule has 0 aliphatic rings. The molecule has 2 rings (SSSR count). The topological polar surface area (TPSA) is 46.6 Å². The highest BCUT2D eigenvalue weighted by molar-refractivity contribution is 5.95. The first-order chi connectivity index (χ1) is 12.3. The Morgan fingerprint density at radius 2 is 1.73 bits per heavy atom. The Labute approximate surface area is 151 Å². The van der Waals surface area contributed by atoms with Gasteiger partial charge in [0.15, 0.2) is 24.0 Å². The Morgan fingerprint density at radius 1 is 1.08 bits per heavy atom. The third-order valence-corrected chi connectivity index (χ3v) is 4.26. The Morgan fingerprint density at radius 3 is 2.31 bits per heavy atom. The maximum Gasteiger partial charge on any atom is 0.260 e. The molecular formula is C20H21F2NO3. The minimum atomic E-state index is -0.951. The molecule has 0 saturated heterocycles. The lowest BCUT2D eigenvalue weighted by atomic mass is 10.1. The average Bonchev–Trinajstić information content (AvgIpc) is 2.66. The van der Waals surface area contributed by atoms with Gasteiger partial charge in [0.05, 0.1) is 6.04 Å². The van der Waals surface area contributed by atoms with Gasteiger partial charge in [-0.2, -0.15) is 0 Å². The van der Waals surface area contributed by atoms with Crippen molar-refractivity contribution in [2.45, 2.75) is 26.3 Å². The largest absolute Gasteiger partial charge is 0.484 e. The van der Waals surface area contributed by atoms with Crippen molar-refractivity contribution in [3.63, 3.8) is 0 Å². The fourth-order valence-corrected chi connectivity index (χ4v) is 2.40. The van der Waals surface area contributed by atoms with Gasteiger partial charge in [-0.05, 0) is 48.9 Å². The van der Waals surface area contributed by atoms with E-state index >= 15 is 0 Å². The molecule has 0 saturated carbocycles. The molecule has 2 aromatic carbocycles. The monoisotopic (exact) mass is 361 g/mol. The lowest BCUT2D eigenvalue weighted by Gasteiger charge is -2.25. The zero-order chi connectivity index (χ0) is 19.3. The molecular weight excluding hydrogens is 340 g/mol. The number of ketones is 1. The summed E-state index contributed by atoms with van der Waals surface area (Å²) in [7, 11) is 1.57. The molecule has 0 aliphatic heterocycles. The number of likely N-dealkylation sites (N-methyl/N-ethyl adjacent to an activating group) is 1. The molecule has 4 nitrogen and oxygen atoms in total. The number of carbonyl (C=O) groups excluding carboxylic acids is 2. The minimum Gasteiger partial charge on any atom is -0.484 e. The summed E-state index contributed by atoms with van der Waals surface area (Å²) in [6.07, 6.45) is 0.422. The van der Waals surface area contributed by atoms with Gasteiger partial charge in [-0.25, -0.2) is 8.78 Å². The van der Waals surface area contributed by atoms with Crippen molar-refractivity contribution in [2.24, 2.45) is 0 Å². The number of nitrogens with zero attached hydrogens (tertiary/aromatic N) is 1. The van der Waals surface area contributed by atoms with Gasteiger partial charge in [-0.15, -0.1) is 0 Å². The third-order valence-electron chi connectivity index (χ3n) is 4.26. The summed E-state index contributed by atoms with van der Waals surface area (Å²) in [4.78, 5) is 25.3. The summed E-state index contributed by atoms with van der Waals surface area (Å²) in [6, 6.07) is 9.69. The molecule has 138 valence electrons. The molecule has 2 aromatic rings. The van der Waals surface area contributed by atoms with Crippen LogP contribution in [-0.4, -0.2) is 30.2 Å². The third kappa shape index (κ3) is 4.65. The Bertz CT molecular complexity index is 790. The van der Waals surface area contributed by atoms with E-state index < -0.39 is 17.7 Å². The van der Waals surface area contributed by atoms with Crippen molar-refractivity contribution in [2.75, 3.05) is 13.7 Å². The van der Waals surface area contributed by atoms with Gasteiger partial charge < -0.3 is 9.64 Å². The highest BCUT2D eigenvalue weighted by Gasteiger charge is 2.19. The van der Waals surface area contributed by atoms with Crippen molar-refractivity contribution < 1.29 is 23.1 Å². The number of amides is 1. The molecule has 1 atom stereocenters. The van der Waals surface area contributed by atoms with Crippen LogP contribution in [0.4, 0.5) is 8.78 Å². The van der Waals surface area contributed by atoms with E-state index in [1.165, 1.54) is 11.0 Å². The Hall–Kier alpha value is -2.76. The van der Waals surface area contributed by atoms with E-state index in [2.05, 4.69) is 0 Å². The predicted octanol–water partition coefficient (Wildman–Crippen LogP) is 4.16. The van der Waals surface area contributed by atoms with Crippen molar-refractivity contribution in [1.29, 1.82) is 0 Å². The molecule has 26 heavy (non-hydrogen) atoms. The second-order valence-corrected chi connectivity index (χ2v) is 5.94. The number of hydrogen-bond acceptors (Lipinski definition) is 3. The zero-order valence-corrected chi connectivity index (χ0v) is 15.0. The molecule has 6 heteroatoms. The summed E-state index contributed by atoms with van der Waals surface area (Å²) in [5.41, 5.74) is 1.08. The summed E-state index contributed by atoms with van der Waals surface area (Å²) in [5, 5.41) is 0. The molecule has 0 radical (unpaired) electrons. The van der Waals surface area contributed by atoms with E-state index in [1.807, 2.05) is 0 Å².